The monoisotopic (exact) mass is 372 g/mol. The van der Waals surface area contributed by atoms with E-state index in [4.69, 9.17) is 22.3 Å². The average molecular weight is 373 g/mol. The number of nitrogens with one attached hydrogen (secondary N) is 1. The van der Waals surface area contributed by atoms with Crippen molar-refractivity contribution in [2.45, 2.75) is 25.8 Å². The first-order chi connectivity index (χ1) is 12.5. The molecule has 0 saturated carbocycles. The van der Waals surface area contributed by atoms with Crippen LogP contribution in [0.15, 0.2) is 24.3 Å². The van der Waals surface area contributed by atoms with Crippen molar-refractivity contribution in [3.05, 3.63) is 35.0 Å². The molecule has 1 aromatic carbocycles. The predicted molar refractivity (Wildman–Crippen MR) is 103 cm³/mol. The third kappa shape index (κ3) is 3.08. The molecule has 2 aromatic heterocycles. The summed E-state index contributed by atoms with van der Waals surface area (Å²) in [6, 6.07) is 8.33. The second kappa shape index (κ2) is 6.74. The summed E-state index contributed by atoms with van der Waals surface area (Å²) in [5, 5.41) is 9.67. The number of piperidine rings is 1. The van der Waals surface area contributed by atoms with E-state index in [1.54, 1.807) is 4.52 Å². The number of carbonyl (C=O) groups is 1. The molecule has 8 heteroatoms. The van der Waals surface area contributed by atoms with E-state index in [0.29, 0.717) is 23.3 Å². The van der Waals surface area contributed by atoms with Crippen molar-refractivity contribution in [2.75, 3.05) is 25.0 Å². The summed E-state index contributed by atoms with van der Waals surface area (Å²) in [5.41, 5.74) is 7.69. The molecular weight excluding hydrogens is 352 g/mol. The lowest BCUT2D eigenvalue weighted by molar-refractivity contribution is -0.119. The van der Waals surface area contributed by atoms with Crippen LogP contribution in [0.4, 0.5) is 5.82 Å². The zero-order valence-corrected chi connectivity index (χ0v) is 15.3. The zero-order valence-electron chi connectivity index (χ0n) is 14.6. The molecule has 0 atom stereocenters. The molecular formula is C18H21ClN6O. The number of hydrogen-bond donors (Lipinski definition) is 2. The van der Waals surface area contributed by atoms with Gasteiger partial charge in [0.05, 0.1) is 17.8 Å². The molecule has 136 valence electrons. The number of anilines is 1. The highest BCUT2D eigenvalue weighted by Crippen LogP contribution is 2.29. The first kappa shape index (κ1) is 17.1. The molecule has 4 rings (SSSR count). The van der Waals surface area contributed by atoms with Gasteiger partial charge in [-0.05, 0) is 31.9 Å². The zero-order chi connectivity index (χ0) is 18.3. The minimum atomic E-state index is -0.278. The second-order valence-electron chi connectivity index (χ2n) is 6.77. The number of fused-ring (bicyclic) bond motifs is 3. The highest BCUT2D eigenvalue weighted by atomic mass is 35.5. The van der Waals surface area contributed by atoms with Crippen LogP contribution in [0.2, 0.25) is 5.02 Å². The van der Waals surface area contributed by atoms with E-state index in [9.17, 15) is 4.79 Å². The van der Waals surface area contributed by atoms with E-state index in [1.165, 1.54) is 0 Å². The van der Waals surface area contributed by atoms with Crippen LogP contribution in [0.1, 0.15) is 18.5 Å². The molecule has 3 N–H and O–H groups in total. The quantitative estimate of drug-likeness (QED) is 0.733. The Bertz CT molecular complexity index is 977. The van der Waals surface area contributed by atoms with Gasteiger partial charge in [0, 0.05) is 24.5 Å². The van der Waals surface area contributed by atoms with Crippen LogP contribution in [-0.2, 0) is 4.79 Å². The summed E-state index contributed by atoms with van der Waals surface area (Å²) in [7, 11) is 0. The maximum atomic E-state index is 11.1. The van der Waals surface area contributed by atoms with Crippen LogP contribution in [0.5, 0.6) is 0 Å². The predicted octanol–water partition coefficient (Wildman–Crippen LogP) is 2.21. The highest BCUT2D eigenvalue weighted by Gasteiger charge is 2.22. The Labute approximate surface area is 156 Å². The molecule has 26 heavy (non-hydrogen) atoms. The minimum absolute atomic E-state index is 0.278. The Kier molecular flexibility index (Phi) is 4.42. The van der Waals surface area contributed by atoms with Gasteiger partial charge in [0.15, 0.2) is 5.65 Å². The first-order valence-corrected chi connectivity index (χ1v) is 9.11. The Morgan fingerprint density at radius 1 is 1.35 bits per heavy atom. The van der Waals surface area contributed by atoms with Gasteiger partial charge in [0.2, 0.25) is 5.91 Å². The molecule has 7 nitrogen and oxygen atoms in total. The average Bonchev–Trinajstić information content (AvgIpc) is 2.91. The molecule has 0 aliphatic carbocycles. The number of nitrogens with two attached hydrogens (primary N) is 1. The molecule has 1 fully saturated rings. The van der Waals surface area contributed by atoms with Gasteiger partial charge in [-0.25, -0.2) is 9.50 Å². The molecule has 1 aliphatic heterocycles. The normalized spacial score (nSPS) is 16.4. The summed E-state index contributed by atoms with van der Waals surface area (Å²) in [4.78, 5) is 17.9. The number of hydrogen-bond acceptors (Lipinski definition) is 5. The van der Waals surface area contributed by atoms with Gasteiger partial charge in [-0.3, -0.25) is 9.69 Å². The summed E-state index contributed by atoms with van der Waals surface area (Å²) < 4.78 is 1.80. The first-order valence-electron chi connectivity index (χ1n) is 8.73. The van der Waals surface area contributed by atoms with Crippen molar-refractivity contribution < 1.29 is 4.79 Å². The number of carbonyl (C=O) groups excluding carboxylic acids is 1. The number of amides is 1. The molecule has 0 radical (unpaired) electrons. The van der Waals surface area contributed by atoms with Crippen LogP contribution < -0.4 is 11.1 Å². The number of halogens is 1. The van der Waals surface area contributed by atoms with Gasteiger partial charge >= 0.3 is 0 Å². The molecule has 0 unspecified atom stereocenters. The third-order valence-corrected chi connectivity index (χ3v) is 5.32. The number of aromatic nitrogens is 3. The standard InChI is InChI=1S/C18H21ClN6O/c1-11-16(19)18-22-17(13-4-2-3-5-14(13)25(18)23-11)21-12-6-8-24(9-7-12)10-15(20)26/h2-5,12H,6-10H2,1H3,(H2,20,26)(H,21,22). The van der Waals surface area contributed by atoms with Crippen molar-refractivity contribution in [1.82, 2.24) is 19.5 Å². The van der Waals surface area contributed by atoms with Gasteiger partial charge in [-0.2, -0.15) is 5.10 Å². The van der Waals surface area contributed by atoms with E-state index in [0.717, 1.165) is 48.3 Å². The van der Waals surface area contributed by atoms with Gasteiger partial charge in [0.25, 0.3) is 0 Å². The number of para-hydroxylation sites is 1. The third-order valence-electron chi connectivity index (χ3n) is 4.88. The molecule has 0 bridgehead atoms. The fraction of sp³-hybridized carbons (Fsp3) is 0.389. The van der Waals surface area contributed by atoms with E-state index in [1.807, 2.05) is 31.2 Å². The lowest BCUT2D eigenvalue weighted by atomic mass is 10.0. The van der Waals surface area contributed by atoms with Crippen LogP contribution in [0.25, 0.3) is 16.6 Å². The van der Waals surface area contributed by atoms with Crippen molar-refractivity contribution in [1.29, 1.82) is 0 Å². The van der Waals surface area contributed by atoms with Gasteiger partial charge in [-0.15, -0.1) is 0 Å². The second-order valence-corrected chi connectivity index (χ2v) is 7.15. The largest absolute Gasteiger partial charge is 0.369 e. The SMILES string of the molecule is Cc1nn2c(nc(NC3CCN(CC(N)=O)CC3)c3ccccc32)c1Cl. The van der Waals surface area contributed by atoms with E-state index < -0.39 is 0 Å². The maximum absolute atomic E-state index is 11.1. The van der Waals surface area contributed by atoms with E-state index in [-0.39, 0.29) is 5.91 Å². The van der Waals surface area contributed by atoms with Gasteiger partial charge < -0.3 is 11.1 Å². The fourth-order valence-electron chi connectivity index (χ4n) is 3.54. The Hall–Kier alpha value is -2.38. The van der Waals surface area contributed by atoms with Crippen LogP contribution in [-0.4, -0.2) is 51.1 Å². The summed E-state index contributed by atoms with van der Waals surface area (Å²) in [5.74, 6) is 0.545. The van der Waals surface area contributed by atoms with Crippen LogP contribution in [0.3, 0.4) is 0 Å². The molecule has 1 saturated heterocycles. The van der Waals surface area contributed by atoms with E-state index in [2.05, 4.69) is 15.3 Å². The van der Waals surface area contributed by atoms with Crippen molar-refractivity contribution in [3.8, 4) is 0 Å². The molecule has 0 spiro atoms. The molecule has 1 amide bonds. The summed E-state index contributed by atoms with van der Waals surface area (Å²) in [6.07, 6.45) is 1.86. The molecule has 1 aliphatic rings. The Morgan fingerprint density at radius 3 is 2.81 bits per heavy atom. The molecule has 3 aromatic rings. The molecule has 3 heterocycles. The minimum Gasteiger partial charge on any atom is -0.369 e. The van der Waals surface area contributed by atoms with Gasteiger partial charge in [-0.1, -0.05) is 23.7 Å². The number of likely N-dealkylation sites (tertiary alicyclic amines) is 1. The number of primary amides is 1. The van der Waals surface area contributed by atoms with Crippen molar-refractivity contribution in [2.24, 2.45) is 5.73 Å². The van der Waals surface area contributed by atoms with Gasteiger partial charge in [0.1, 0.15) is 10.8 Å². The topological polar surface area (TPSA) is 88.6 Å². The summed E-state index contributed by atoms with van der Waals surface area (Å²) in [6.45, 7) is 3.89. The van der Waals surface area contributed by atoms with Crippen molar-refractivity contribution in [3.63, 3.8) is 0 Å². The van der Waals surface area contributed by atoms with Crippen molar-refractivity contribution >= 4 is 39.9 Å². The lowest BCUT2D eigenvalue weighted by Crippen LogP contribution is -2.43. The Morgan fingerprint density at radius 2 is 2.08 bits per heavy atom. The van der Waals surface area contributed by atoms with E-state index >= 15 is 0 Å². The van der Waals surface area contributed by atoms with Crippen LogP contribution in [0, 0.1) is 6.92 Å². The summed E-state index contributed by atoms with van der Waals surface area (Å²) >= 11 is 6.40. The number of nitrogens with zero attached hydrogens (tertiary/aromatic N) is 4. The number of benzene rings is 1. The maximum Gasteiger partial charge on any atom is 0.231 e. The number of rotatable bonds is 4. The highest BCUT2D eigenvalue weighted by molar-refractivity contribution is 6.34. The lowest BCUT2D eigenvalue weighted by Gasteiger charge is -2.32. The Balaban J connectivity index is 1.64. The number of aryl methyl sites for hydroxylation is 1. The fourth-order valence-corrected chi connectivity index (χ4v) is 3.70. The smallest absolute Gasteiger partial charge is 0.231 e. The van der Waals surface area contributed by atoms with Crippen LogP contribution >= 0.6 is 11.6 Å².